The quantitative estimate of drug-likeness (QED) is 0.151. The Bertz CT molecular complexity index is 1300. The lowest BCUT2D eigenvalue weighted by atomic mass is 10.1. The monoisotopic (exact) mass is 644 g/mol. The molecule has 0 heterocycles. The summed E-state index contributed by atoms with van der Waals surface area (Å²) in [5, 5.41) is 3.08. The molecule has 0 saturated heterocycles. The first-order valence-electron chi connectivity index (χ1n) is 14.1. The molecule has 43 heavy (non-hydrogen) atoms. The van der Waals surface area contributed by atoms with E-state index in [0.717, 1.165) is 18.7 Å². The normalized spacial score (nSPS) is 13.7. The standard InChI is InChI=1S/C31H44ClF3N2O5Si/c1-19(17-36-24-16-23(33)22(15-26(38)40-8)27(34)28(24)35)37(29(39)41-30(2,3)4)18-25(20-12-11-13-21(32)14-20)42-43(9,10)31(5,6)7/h11-14,16,19,25,36H,15,17-18H2,1-10H3. The number of hydrogen-bond donors (Lipinski definition) is 1. The Morgan fingerprint density at radius 3 is 2.21 bits per heavy atom. The van der Waals surface area contributed by atoms with Crippen LogP contribution in [0, 0.1) is 17.5 Å². The van der Waals surface area contributed by atoms with Crippen molar-refractivity contribution >= 4 is 37.7 Å². The number of benzene rings is 2. The summed E-state index contributed by atoms with van der Waals surface area (Å²) in [6, 6.07) is 7.33. The summed E-state index contributed by atoms with van der Waals surface area (Å²) in [7, 11) is -1.30. The van der Waals surface area contributed by atoms with Crippen molar-refractivity contribution in [3.05, 3.63) is 63.9 Å². The molecule has 2 unspecified atom stereocenters. The molecule has 0 aliphatic heterocycles. The van der Waals surface area contributed by atoms with E-state index in [-0.39, 0.29) is 18.1 Å². The molecular formula is C31H44ClF3N2O5Si. The number of anilines is 1. The van der Waals surface area contributed by atoms with E-state index in [1.165, 1.54) is 4.90 Å². The van der Waals surface area contributed by atoms with Crippen LogP contribution in [0.1, 0.15) is 65.7 Å². The van der Waals surface area contributed by atoms with Gasteiger partial charge in [-0.1, -0.05) is 44.5 Å². The first-order chi connectivity index (χ1) is 19.7. The molecule has 7 nitrogen and oxygen atoms in total. The van der Waals surface area contributed by atoms with Crippen LogP contribution in [0.3, 0.4) is 0 Å². The molecule has 1 N–H and O–H groups in total. The van der Waals surface area contributed by atoms with Crippen molar-refractivity contribution in [2.24, 2.45) is 0 Å². The summed E-state index contributed by atoms with van der Waals surface area (Å²) in [6.45, 7) is 17.4. The molecule has 0 aliphatic rings. The van der Waals surface area contributed by atoms with E-state index in [9.17, 15) is 22.8 Å². The highest BCUT2D eigenvalue weighted by atomic mass is 35.5. The Hall–Kier alpha value is -2.76. The SMILES string of the molecule is COC(=O)Cc1c(F)cc(NCC(C)N(CC(O[Si](C)(C)C(C)(C)C)c2cccc(Cl)c2)C(=O)OC(C)(C)C)c(F)c1F. The van der Waals surface area contributed by atoms with Crippen LogP contribution >= 0.6 is 11.6 Å². The fourth-order valence-corrected chi connectivity index (χ4v) is 5.37. The number of ether oxygens (including phenoxy) is 2. The maximum atomic E-state index is 14.9. The minimum atomic E-state index is -2.37. The first-order valence-corrected chi connectivity index (χ1v) is 17.4. The van der Waals surface area contributed by atoms with Gasteiger partial charge in [0.2, 0.25) is 0 Å². The Labute approximate surface area is 259 Å². The zero-order valence-electron chi connectivity index (χ0n) is 26.7. The molecule has 0 aromatic heterocycles. The van der Waals surface area contributed by atoms with Crippen LogP contribution < -0.4 is 5.32 Å². The van der Waals surface area contributed by atoms with Crippen LogP contribution in [0.25, 0.3) is 0 Å². The Morgan fingerprint density at radius 1 is 1.05 bits per heavy atom. The van der Waals surface area contributed by atoms with Crippen molar-refractivity contribution in [1.82, 2.24) is 4.90 Å². The molecule has 240 valence electrons. The second-order valence-electron chi connectivity index (χ2n) is 13.0. The number of halogens is 4. The van der Waals surface area contributed by atoms with E-state index in [1.807, 2.05) is 6.07 Å². The van der Waals surface area contributed by atoms with Crippen molar-refractivity contribution in [3.8, 4) is 0 Å². The van der Waals surface area contributed by atoms with Gasteiger partial charge in [-0.2, -0.15) is 0 Å². The van der Waals surface area contributed by atoms with Crippen LogP contribution in [0.4, 0.5) is 23.7 Å². The van der Waals surface area contributed by atoms with Gasteiger partial charge in [0, 0.05) is 29.2 Å². The maximum Gasteiger partial charge on any atom is 0.410 e. The summed E-state index contributed by atoms with van der Waals surface area (Å²) in [5.74, 6) is -4.86. The van der Waals surface area contributed by atoms with Crippen molar-refractivity contribution in [1.29, 1.82) is 0 Å². The Morgan fingerprint density at radius 2 is 1.67 bits per heavy atom. The fraction of sp³-hybridized carbons (Fsp3) is 0.548. The van der Waals surface area contributed by atoms with E-state index in [1.54, 1.807) is 45.9 Å². The largest absolute Gasteiger partial charge is 0.469 e. The molecule has 2 rings (SSSR count). The smallest absolute Gasteiger partial charge is 0.410 e. The minimum Gasteiger partial charge on any atom is -0.469 e. The van der Waals surface area contributed by atoms with Crippen molar-refractivity contribution in [3.63, 3.8) is 0 Å². The summed E-state index contributed by atoms with van der Waals surface area (Å²) < 4.78 is 61.2. The molecule has 1 amide bonds. The predicted octanol–water partition coefficient (Wildman–Crippen LogP) is 8.27. The van der Waals surface area contributed by atoms with Crippen molar-refractivity contribution in [2.45, 2.75) is 90.8 Å². The number of carbonyl (C=O) groups excluding carboxylic acids is 2. The molecule has 2 aromatic carbocycles. The van der Waals surface area contributed by atoms with E-state index < -0.39 is 73.3 Å². The summed E-state index contributed by atoms with van der Waals surface area (Å²) in [6.07, 6.45) is -1.98. The average Bonchev–Trinajstić information content (AvgIpc) is 2.88. The molecule has 0 aliphatic carbocycles. The van der Waals surface area contributed by atoms with E-state index >= 15 is 0 Å². The number of esters is 1. The Kier molecular flexibility index (Phi) is 12.2. The minimum absolute atomic E-state index is 0.0634. The third-order valence-corrected chi connectivity index (χ3v) is 12.1. The summed E-state index contributed by atoms with van der Waals surface area (Å²) in [4.78, 5) is 26.5. The van der Waals surface area contributed by atoms with Crippen LogP contribution in [-0.4, -0.2) is 57.1 Å². The summed E-state index contributed by atoms with van der Waals surface area (Å²) >= 11 is 6.32. The van der Waals surface area contributed by atoms with Crippen LogP contribution in [0.2, 0.25) is 23.2 Å². The van der Waals surface area contributed by atoms with Crippen molar-refractivity contribution < 1.29 is 36.7 Å². The predicted molar refractivity (Wildman–Crippen MR) is 165 cm³/mol. The number of nitrogens with zero attached hydrogens (tertiary/aromatic N) is 1. The lowest BCUT2D eigenvalue weighted by molar-refractivity contribution is -0.139. The topological polar surface area (TPSA) is 77.1 Å². The molecule has 12 heteroatoms. The number of hydrogen-bond acceptors (Lipinski definition) is 6. The average molecular weight is 645 g/mol. The van der Waals surface area contributed by atoms with Gasteiger partial charge in [0.25, 0.3) is 0 Å². The lowest BCUT2D eigenvalue weighted by Gasteiger charge is -2.41. The van der Waals surface area contributed by atoms with Gasteiger partial charge in [-0.15, -0.1) is 0 Å². The molecule has 2 atom stereocenters. The second kappa shape index (κ2) is 14.3. The number of methoxy groups -OCH3 is 1. The van der Waals surface area contributed by atoms with Gasteiger partial charge in [-0.25, -0.2) is 18.0 Å². The number of amides is 1. The second-order valence-corrected chi connectivity index (χ2v) is 18.2. The Balaban J connectivity index is 2.44. The molecule has 2 aromatic rings. The maximum absolute atomic E-state index is 14.9. The van der Waals surface area contributed by atoms with Gasteiger partial charge in [0.05, 0.1) is 31.9 Å². The lowest BCUT2D eigenvalue weighted by Crippen LogP contribution is -2.49. The van der Waals surface area contributed by atoms with E-state index in [2.05, 4.69) is 43.9 Å². The fourth-order valence-electron chi connectivity index (χ4n) is 3.89. The van der Waals surface area contributed by atoms with Crippen LogP contribution in [0.15, 0.2) is 30.3 Å². The van der Waals surface area contributed by atoms with Gasteiger partial charge >= 0.3 is 12.1 Å². The zero-order valence-corrected chi connectivity index (χ0v) is 28.4. The first kappa shape index (κ1) is 36.4. The third-order valence-electron chi connectivity index (χ3n) is 7.38. The molecule has 0 spiro atoms. The van der Waals surface area contributed by atoms with E-state index in [4.69, 9.17) is 20.8 Å². The highest BCUT2D eigenvalue weighted by Crippen LogP contribution is 2.40. The molecule has 0 fully saturated rings. The van der Waals surface area contributed by atoms with Gasteiger partial charge in [-0.3, -0.25) is 4.79 Å². The third kappa shape index (κ3) is 10.1. The highest BCUT2D eigenvalue weighted by Gasteiger charge is 2.41. The molecule has 0 bridgehead atoms. The number of nitrogens with one attached hydrogen (secondary N) is 1. The number of rotatable bonds is 11. The molecule has 0 saturated carbocycles. The number of carbonyl (C=O) groups is 2. The van der Waals surface area contributed by atoms with Gasteiger partial charge in [0.1, 0.15) is 11.4 Å². The van der Waals surface area contributed by atoms with E-state index in [0.29, 0.717) is 5.02 Å². The highest BCUT2D eigenvalue weighted by molar-refractivity contribution is 6.74. The zero-order chi connectivity index (χ0) is 32.9. The van der Waals surface area contributed by atoms with Crippen LogP contribution in [0.5, 0.6) is 0 Å². The summed E-state index contributed by atoms with van der Waals surface area (Å²) in [5.41, 5.74) is -1.24. The van der Waals surface area contributed by atoms with Gasteiger partial charge in [-0.05, 0) is 63.5 Å². The van der Waals surface area contributed by atoms with Gasteiger partial charge in [0.15, 0.2) is 20.0 Å². The van der Waals surface area contributed by atoms with Crippen LogP contribution in [-0.2, 0) is 25.1 Å². The van der Waals surface area contributed by atoms with Gasteiger partial charge < -0.3 is 24.1 Å². The molecule has 0 radical (unpaired) electrons. The van der Waals surface area contributed by atoms with Crippen molar-refractivity contribution in [2.75, 3.05) is 25.5 Å². The molecular weight excluding hydrogens is 601 g/mol.